The molecule has 1 aliphatic rings. The summed E-state index contributed by atoms with van der Waals surface area (Å²) < 4.78 is 45.0. The number of hydrogen-bond acceptors (Lipinski definition) is 4. The quantitative estimate of drug-likeness (QED) is 0.222. The molecular formula is C20H28F3IN6O2. The predicted molar refractivity (Wildman–Crippen MR) is 125 cm³/mol. The maximum Gasteiger partial charge on any atom is 0.573 e. The third kappa shape index (κ3) is 7.41. The summed E-state index contributed by atoms with van der Waals surface area (Å²) in [7, 11) is 0. The number of aryl methyl sites for hydroxylation is 2. The van der Waals surface area contributed by atoms with Crippen molar-refractivity contribution in [3.05, 3.63) is 46.1 Å². The molecule has 0 bridgehead atoms. The highest BCUT2D eigenvalue weighted by Gasteiger charge is 2.31. The Morgan fingerprint density at radius 1 is 1.25 bits per heavy atom. The van der Waals surface area contributed by atoms with Gasteiger partial charge < -0.3 is 15.4 Å². The molecule has 32 heavy (non-hydrogen) atoms. The minimum Gasteiger partial charge on any atom is -0.405 e. The van der Waals surface area contributed by atoms with E-state index >= 15 is 0 Å². The van der Waals surface area contributed by atoms with Gasteiger partial charge in [0.2, 0.25) is 0 Å². The SMILES string of the molecule is CCNC(=NCc1ccccc1OC(F)(F)F)NCCCn1nc2n(c1=O)CCCC2.I. The number of aromatic nitrogens is 3. The molecule has 0 radical (unpaired) electrons. The highest BCUT2D eigenvalue weighted by Crippen LogP contribution is 2.26. The van der Waals surface area contributed by atoms with Gasteiger partial charge in [0.15, 0.2) is 5.96 Å². The second kappa shape index (κ2) is 12.1. The normalized spacial score (nSPS) is 13.8. The Balaban J connectivity index is 0.00000363. The summed E-state index contributed by atoms with van der Waals surface area (Å²) in [6, 6.07) is 5.92. The molecule has 178 valence electrons. The summed E-state index contributed by atoms with van der Waals surface area (Å²) in [6.07, 6.45) is -1.23. The van der Waals surface area contributed by atoms with Gasteiger partial charge in [0.25, 0.3) is 0 Å². The fourth-order valence-electron chi connectivity index (χ4n) is 3.39. The van der Waals surface area contributed by atoms with Crippen LogP contribution in [0.15, 0.2) is 34.1 Å². The van der Waals surface area contributed by atoms with E-state index in [1.165, 1.54) is 16.8 Å². The topological polar surface area (TPSA) is 85.5 Å². The highest BCUT2D eigenvalue weighted by atomic mass is 127. The van der Waals surface area contributed by atoms with Gasteiger partial charge in [-0.05, 0) is 32.3 Å². The third-order valence-electron chi connectivity index (χ3n) is 4.82. The van der Waals surface area contributed by atoms with E-state index in [0.29, 0.717) is 37.6 Å². The smallest absolute Gasteiger partial charge is 0.405 e. The Labute approximate surface area is 201 Å². The van der Waals surface area contributed by atoms with E-state index in [9.17, 15) is 18.0 Å². The number of halogens is 4. The van der Waals surface area contributed by atoms with E-state index in [1.807, 2.05) is 6.92 Å². The molecule has 0 saturated heterocycles. The molecule has 1 aliphatic heterocycles. The molecule has 2 aromatic rings. The summed E-state index contributed by atoms with van der Waals surface area (Å²) >= 11 is 0. The molecule has 2 N–H and O–H groups in total. The zero-order valence-electron chi connectivity index (χ0n) is 17.8. The summed E-state index contributed by atoms with van der Waals surface area (Å²) in [5, 5.41) is 10.6. The number of fused-ring (bicyclic) bond motifs is 1. The van der Waals surface area contributed by atoms with Gasteiger partial charge in [-0.2, -0.15) is 5.10 Å². The molecule has 12 heteroatoms. The first-order valence-corrected chi connectivity index (χ1v) is 10.4. The first-order valence-electron chi connectivity index (χ1n) is 10.4. The lowest BCUT2D eigenvalue weighted by Crippen LogP contribution is -2.38. The molecule has 0 amide bonds. The van der Waals surface area contributed by atoms with Crippen LogP contribution in [0.4, 0.5) is 13.2 Å². The molecular weight excluding hydrogens is 540 g/mol. The van der Waals surface area contributed by atoms with Crippen LogP contribution >= 0.6 is 24.0 Å². The molecule has 0 saturated carbocycles. The first-order chi connectivity index (χ1) is 14.9. The zero-order valence-corrected chi connectivity index (χ0v) is 20.2. The van der Waals surface area contributed by atoms with E-state index in [-0.39, 0.29) is 42.0 Å². The minimum atomic E-state index is -4.76. The fourth-order valence-corrected chi connectivity index (χ4v) is 3.39. The predicted octanol–water partition coefficient (Wildman–Crippen LogP) is 3.04. The van der Waals surface area contributed by atoms with Gasteiger partial charge in [-0.1, -0.05) is 18.2 Å². The van der Waals surface area contributed by atoms with Crippen molar-refractivity contribution in [2.45, 2.75) is 58.6 Å². The molecule has 1 aromatic heterocycles. The van der Waals surface area contributed by atoms with Crippen molar-refractivity contribution in [2.75, 3.05) is 13.1 Å². The lowest BCUT2D eigenvalue weighted by molar-refractivity contribution is -0.274. The Kier molecular flexibility index (Phi) is 9.84. The molecule has 0 spiro atoms. The maximum atomic E-state index is 12.6. The van der Waals surface area contributed by atoms with Gasteiger partial charge in [0.05, 0.1) is 6.54 Å². The minimum absolute atomic E-state index is 0. The summed E-state index contributed by atoms with van der Waals surface area (Å²) in [5.74, 6) is 1.05. The summed E-state index contributed by atoms with van der Waals surface area (Å²) in [5.41, 5.74) is 0.253. The van der Waals surface area contributed by atoms with Crippen molar-refractivity contribution in [3.63, 3.8) is 0 Å². The van der Waals surface area contributed by atoms with E-state index in [0.717, 1.165) is 31.6 Å². The van der Waals surface area contributed by atoms with Crippen LogP contribution in [0.2, 0.25) is 0 Å². The van der Waals surface area contributed by atoms with E-state index in [4.69, 9.17) is 0 Å². The van der Waals surface area contributed by atoms with Crippen LogP contribution in [0.5, 0.6) is 5.75 Å². The van der Waals surface area contributed by atoms with E-state index in [2.05, 4.69) is 25.5 Å². The highest BCUT2D eigenvalue weighted by molar-refractivity contribution is 14.0. The average molecular weight is 568 g/mol. The fraction of sp³-hybridized carbons (Fsp3) is 0.550. The number of nitrogens with one attached hydrogen (secondary N) is 2. The van der Waals surface area contributed by atoms with Gasteiger partial charge in [-0.3, -0.25) is 4.57 Å². The number of benzene rings is 1. The van der Waals surface area contributed by atoms with Crippen LogP contribution in [-0.2, 0) is 26.1 Å². The average Bonchev–Trinajstić information content (AvgIpc) is 3.05. The van der Waals surface area contributed by atoms with Gasteiger partial charge in [0, 0.05) is 38.2 Å². The number of guanidine groups is 1. The lowest BCUT2D eigenvalue weighted by atomic mass is 10.2. The monoisotopic (exact) mass is 568 g/mol. The van der Waals surface area contributed by atoms with Crippen molar-refractivity contribution in [3.8, 4) is 5.75 Å². The molecule has 3 rings (SSSR count). The maximum absolute atomic E-state index is 12.6. The van der Waals surface area contributed by atoms with Crippen molar-refractivity contribution in [1.82, 2.24) is 25.0 Å². The molecule has 0 unspecified atom stereocenters. The number of ether oxygens (including phenoxy) is 1. The number of para-hydroxylation sites is 1. The molecule has 2 heterocycles. The Bertz CT molecular complexity index is 958. The van der Waals surface area contributed by atoms with Crippen LogP contribution in [0.1, 0.15) is 37.6 Å². The number of alkyl halides is 3. The second-order valence-electron chi connectivity index (χ2n) is 7.16. The van der Waals surface area contributed by atoms with Crippen LogP contribution in [0.3, 0.4) is 0 Å². The Hall–Kier alpha value is -2.25. The van der Waals surface area contributed by atoms with Crippen LogP contribution in [0, 0.1) is 0 Å². The Morgan fingerprint density at radius 2 is 2.03 bits per heavy atom. The van der Waals surface area contributed by atoms with Gasteiger partial charge in [-0.25, -0.2) is 14.5 Å². The summed E-state index contributed by atoms with van der Waals surface area (Å²) in [6.45, 7) is 4.25. The van der Waals surface area contributed by atoms with Crippen LogP contribution < -0.4 is 21.1 Å². The van der Waals surface area contributed by atoms with Crippen molar-refractivity contribution >= 4 is 29.9 Å². The molecule has 0 atom stereocenters. The van der Waals surface area contributed by atoms with Crippen molar-refractivity contribution in [1.29, 1.82) is 0 Å². The van der Waals surface area contributed by atoms with Crippen molar-refractivity contribution < 1.29 is 17.9 Å². The van der Waals surface area contributed by atoms with Crippen molar-refractivity contribution in [2.24, 2.45) is 4.99 Å². The second-order valence-corrected chi connectivity index (χ2v) is 7.16. The van der Waals surface area contributed by atoms with Gasteiger partial charge >= 0.3 is 12.1 Å². The largest absolute Gasteiger partial charge is 0.573 e. The Morgan fingerprint density at radius 3 is 2.75 bits per heavy atom. The number of hydrogen-bond donors (Lipinski definition) is 2. The van der Waals surface area contributed by atoms with E-state index in [1.54, 1.807) is 16.7 Å². The van der Waals surface area contributed by atoms with Crippen LogP contribution in [0.25, 0.3) is 0 Å². The number of aliphatic imine (C=N–C) groups is 1. The molecule has 0 fully saturated rings. The number of rotatable bonds is 8. The summed E-state index contributed by atoms with van der Waals surface area (Å²) in [4.78, 5) is 16.7. The van der Waals surface area contributed by atoms with Crippen LogP contribution in [-0.4, -0.2) is 39.8 Å². The standard InChI is InChI=1S/C20H27F3N6O2.HI/c1-2-24-18(26-14-15-8-3-4-9-16(15)31-20(21,22)23)25-11-7-13-29-19(30)28-12-6-5-10-17(28)27-29;/h3-4,8-9H,2,5-7,10-14H2,1H3,(H2,24,25,26);1H. The third-order valence-corrected chi connectivity index (χ3v) is 4.82. The molecule has 0 aliphatic carbocycles. The van der Waals surface area contributed by atoms with E-state index < -0.39 is 6.36 Å². The molecule has 8 nitrogen and oxygen atoms in total. The first kappa shape index (κ1) is 26.0. The lowest BCUT2D eigenvalue weighted by Gasteiger charge is -2.14. The number of nitrogens with zero attached hydrogens (tertiary/aromatic N) is 4. The van der Waals surface area contributed by atoms with Gasteiger partial charge in [-0.15, -0.1) is 37.1 Å². The zero-order chi connectivity index (χ0) is 22.3. The van der Waals surface area contributed by atoms with Gasteiger partial charge in [0.1, 0.15) is 11.6 Å². The molecule has 1 aromatic carbocycles.